The van der Waals surface area contributed by atoms with Gasteiger partial charge in [0.15, 0.2) is 5.66 Å². The second-order valence-corrected chi connectivity index (χ2v) is 8.92. The fraction of sp³-hybridized carbons (Fsp3) is 0.100. The molecule has 0 aliphatic carbocycles. The summed E-state index contributed by atoms with van der Waals surface area (Å²) in [6.07, 6.45) is 0. The highest BCUT2D eigenvalue weighted by molar-refractivity contribution is 9.10. The first-order valence-corrected chi connectivity index (χ1v) is 10.8. The molecule has 6 nitrogen and oxygen atoms in total. The van der Waals surface area contributed by atoms with Crippen molar-refractivity contribution in [2.45, 2.75) is 5.66 Å². The van der Waals surface area contributed by atoms with Gasteiger partial charge >= 0.3 is 7.60 Å². The highest BCUT2D eigenvalue weighted by atomic mass is 79.9. The Labute approximate surface area is 170 Å². The number of halogens is 1. The lowest BCUT2D eigenvalue weighted by atomic mass is 10.1. The van der Waals surface area contributed by atoms with Crippen LogP contribution in [0.25, 0.3) is 0 Å². The van der Waals surface area contributed by atoms with Crippen molar-refractivity contribution >= 4 is 23.5 Å². The second-order valence-electron chi connectivity index (χ2n) is 5.93. The summed E-state index contributed by atoms with van der Waals surface area (Å²) in [5, 5.41) is 11.4. The maximum absolute atomic E-state index is 13.9. The first-order chi connectivity index (χ1) is 13.5. The first kappa shape index (κ1) is 20.1. The third kappa shape index (κ3) is 5.21. The van der Waals surface area contributed by atoms with Gasteiger partial charge in [0, 0.05) is 9.40 Å². The van der Waals surface area contributed by atoms with Crippen LogP contribution in [0, 0.1) is 10.1 Å². The van der Waals surface area contributed by atoms with Crippen LogP contribution in [0.5, 0.6) is 11.5 Å². The van der Waals surface area contributed by atoms with E-state index in [1.165, 1.54) is 0 Å². The van der Waals surface area contributed by atoms with Crippen molar-refractivity contribution in [2.24, 2.45) is 0 Å². The molecule has 1 atom stereocenters. The average molecular weight is 462 g/mol. The Balaban J connectivity index is 2.06. The lowest BCUT2D eigenvalue weighted by Crippen LogP contribution is -2.18. The van der Waals surface area contributed by atoms with Crippen LogP contribution in [-0.4, -0.2) is 11.5 Å². The monoisotopic (exact) mass is 461 g/mol. The molecule has 3 aromatic rings. The van der Waals surface area contributed by atoms with Crippen molar-refractivity contribution in [2.75, 3.05) is 6.54 Å². The predicted octanol–water partition coefficient (Wildman–Crippen LogP) is 6.12. The molecule has 3 aromatic carbocycles. The SMILES string of the molecule is O=[N+]([O-])CC(c1ccc(Br)cc1)P(=O)(Oc1ccccc1)Oc1ccccc1. The van der Waals surface area contributed by atoms with Crippen LogP contribution in [0.3, 0.4) is 0 Å². The third-order valence-corrected chi connectivity index (χ3v) is 6.59. The van der Waals surface area contributed by atoms with Crippen LogP contribution in [0.1, 0.15) is 11.2 Å². The standard InChI is InChI=1S/C20H17BrNO5P/c21-17-13-11-16(12-14-17)20(15-22(23)24)28(25,26-18-7-3-1-4-8-18)27-19-9-5-2-6-10-19/h1-14,20H,15H2. The maximum atomic E-state index is 13.9. The quantitative estimate of drug-likeness (QED) is 0.229. The zero-order chi connectivity index (χ0) is 20.0. The van der Waals surface area contributed by atoms with Crippen LogP contribution in [0.15, 0.2) is 89.4 Å². The summed E-state index contributed by atoms with van der Waals surface area (Å²) >= 11 is 3.34. The van der Waals surface area contributed by atoms with E-state index < -0.39 is 24.7 Å². The van der Waals surface area contributed by atoms with E-state index in [2.05, 4.69) is 15.9 Å². The summed E-state index contributed by atoms with van der Waals surface area (Å²) in [4.78, 5) is 10.9. The first-order valence-electron chi connectivity index (χ1n) is 8.42. The molecule has 28 heavy (non-hydrogen) atoms. The van der Waals surface area contributed by atoms with E-state index in [4.69, 9.17) is 9.05 Å². The van der Waals surface area contributed by atoms with E-state index in [0.717, 1.165) is 4.47 Å². The minimum atomic E-state index is -4.02. The minimum absolute atomic E-state index is 0.312. The van der Waals surface area contributed by atoms with Crippen LogP contribution in [0.4, 0.5) is 0 Å². The topological polar surface area (TPSA) is 78.7 Å². The van der Waals surface area contributed by atoms with Gasteiger partial charge < -0.3 is 9.05 Å². The highest BCUT2D eigenvalue weighted by Gasteiger charge is 2.44. The molecule has 0 amide bonds. The van der Waals surface area contributed by atoms with Gasteiger partial charge in [-0.2, -0.15) is 0 Å². The molecule has 0 aliphatic heterocycles. The van der Waals surface area contributed by atoms with Gasteiger partial charge in [-0.3, -0.25) is 10.1 Å². The van der Waals surface area contributed by atoms with Crippen LogP contribution in [0.2, 0.25) is 0 Å². The van der Waals surface area contributed by atoms with E-state index in [1.807, 2.05) is 0 Å². The van der Waals surface area contributed by atoms with Crippen molar-refractivity contribution in [3.8, 4) is 11.5 Å². The molecule has 0 spiro atoms. The van der Waals surface area contributed by atoms with Crippen molar-refractivity contribution in [1.29, 1.82) is 0 Å². The second kappa shape index (κ2) is 9.04. The Morgan fingerprint density at radius 1 is 0.857 bits per heavy atom. The molecular formula is C20H17BrNO5P. The molecular weight excluding hydrogens is 445 g/mol. The van der Waals surface area contributed by atoms with Crippen molar-refractivity contribution in [3.05, 3.63) is 105 Å². The Hall–Kier alpha value is -2.63. The summed E-state index contributed by atoms with van der Waals surface area (Å²) in [7, 11) is -4.02. The summed E-state index contributed by atoms with van der Waals surface area (Å²) < 4.78 is 26.3. The normalized spacial score (nSPS) is 12.2. The van der Waals surface area contributed by atoms with Crippen molar-refractivity contribution in [3.63, 3.8) is 0 Å². The molecule has 0 bridgehead atoms. The number of rotatable bonds is 8. The van der Waals surface area contributed by atoms with Gasteiger partial charge in [-0.05, 0) is 42.0 Å². The van der Waals surface area contributed by atoms with Crippen LogP contribution in [-0.2, 0) is 4.57 Å². The Kier molecular flexibility index (Phi) is 6.49. The predicted molar refractivity (Wildman–Crippen MR) is 110 cm³/mol. The zero-order valence-corrected chi connectivity index (χ0v) is 17.2. The van der Waals surface area contributed by atoms with E-state index in [0.29, 0.717) is 17.1 Å². The van der Waals surface area contributed by atoms with Crippen LogP contribution < -0.4 is 9.05 Å². The molecule has 8 heteroatoms. The molecule has 0 heterocycles. The summed E-state index contributed by atoms with van der Waals surface area (Å²) in [5.41, 5.74) is -0.592. The fourth-order valence-electron chi connectivity index (χ4n) is 2.62. The third-order valence-electron chi connectivity index (χ3n) is 3.91. The largest absolute Gasteiger partial charge is 0.444 e. The number of nitrogens with zero attached hydrogens (tertiary/aromatic N) is 1. The van der Waals surface area contributed by atoms with E-state index in [1.54, 1.807) is 84.9 Å². The van der Waals surface area contributed by atoms with Gasteiger partial charge in [-0.1, -0.05) is 64.5 Å². The molecule has 0 aliphatic rings. The molecule has 0 saturated heterocycles. The number of nitro groups is 1. The Morgan fingerprint density at radius 3 is 1.75 bits per heavy atom. The minimum Gasteiger partial charge on any atom is -0.415 e. The van der Waals surface area contributed by atoms with E-state index >= 15 is 0 Å². The van der Waals surface area contributed by atoms with Crippen molar-refractivity contribution in [1.82, 2.24) is 0 Å². The van der Waals surface area contributed by atoms with Gasteiger partial charge in [-0.25, -0.2) is 4.57 Å². The average Bonchev–Trinajstić information content (AvgIpc) is 2.68. The molecule has 1 unspecified atom stereocenters. The van der Waals surface area contributed by atoms with Crippen molar-refractivity contribution < 1.29 is 18.5 Å². The zero-order valence-electron chi connectivity index (χ0n) is 14.7. The number of hydrogen-bond donors (Lipinski definition) is 0. The summed E-state index contributed by atoms with van der Waals surface area (Å²) in [5.74, 6) is 0.624. The maximum Gasteiger partial charge on any atom is 0.444 e. The number of para-hydroxylation sites is 2. The van der Waals surface area contributed by atoms with Gasteiger partial charge in [0.25, 0.3) is 0 Å². The summed E-state index contributed by atoms with van der Waals surface area (Å²) in [6.45, 7) is -0.599. The van der Waals surface area contributed by atoms with E-state index in [-0.39, 0.29) is 0 Å². The molecule has 3 rings (SSSR count). The molecule has 0 aromatic heterocycles. The molecule has 0 saturated carbocycles. The fourth-order valence-corrected chi connectivity index (χ4v) is 4.87. The molecule has 0 N–H and O–H groups in total. The lowest BCUT2D eigenvalue weighted by molar-refractivity contribution is -0.480. The molecule has 144 valence electrons. The number of benzene rings is 3. The van der Waals surface area contributed by atoms with Gasteiger partial charge in [-0.15, -0.1) is 0 Å². The summed E-state index contributed by atoms with van der Waals surface area (Å²) in [6, 6.07) is 23.8. The lowest BCUT2D eigenvalue weighted by Gasteiger charge is -2.25. The Morgan fingerprint density at radius 2 is 1.32 bits per heavy atom. The highest BCUT2D eigenvalue weighted by Crippen LogP contribution is 2.60. The van der Waals surface area contributed by atoms with Gasteiger partial charge in [0.05, 0.1) is 0 Å². The smallest absolute Gasteiger partial charge is 0.415 e. The van der Waals surface area contributed by atoms with Gasteiger partial charge in [0.1, 0.15) is 11.5 Å². The van der Waals surface area contributed by atoms with Crippen LogP contribution >= 0.6 is 23.5 Å². The Bertz CT molecular complexity index is 921. The van der Waals surface area contributed by atoms with E-state index in [9.17, 15) is 14.7 Å². The molecule has 0 fully saturated rings. The molecule has 0 radical (unpaired) electrons. The number of hydrogen-bond acceptors (Lipinski definition) is 5. The van der Waals surface area contributed by atoms with Gasteiger partial charge in [0.2, 0.25) is 6.54 Å².